The van der Waals surface area contributed by atoms with Crippen LogP contribution in [0.25, 0.3) is 11.3 Å². The summed E-state index contributed by atoms with van der Waals surface area (Å²) in [5, 5.41) is 12.9. The third-order valence-electron chi connectivity index (χ3n) is 2.49. The van der Waals surface area contributed by atoms with Gasteiger partial charge in [-0.05, 0) is 13.8 Å². The molecule has 1 aromatic heterocycles. The Hall–Kier alpha value is -2.08. The van der Waals surface area contributed by atoms with Crippen molar-refractivity contribution in [2.75, 3.05) is 0 Å². The lowest BCUT2D eigenvalue weighted by atomic mass is 9.91. The predicted octanol–water partition coefficient (Wildman–Crippen LogP) is 3.14. The van der Waals surface area contributed by atoms with Gasteiger partial charge in [-0.1, -0.05) is 35.5 Å². The number of nitriles is 1. The monoisotopic (exact) mass is 212 g/mol. The lowest BCUT2D eigenvalue weighted by Crippen LogP contribution is -2.13. The average Bonchev–Trinajstić information content (AvgIpc) is 2.80. The molecule has 0 saturated carbocycles. The van der Waals surface area contributed by atoms with Crippen LogP contribution in [0.3, 0.4) is 0 Å². The Morgan fingerprint density at radius 1 is 1.25 bits per heavy atom. The van der Waals surface area contributed by atoms with Crippen LogP contribution in [0.4, 0.5) is 0 Å². The highest BCUT2D eigenvalue weighted by molar-refractivity contribution is 5.57. The molecule has 0 spiro atoms. The van der Waals surface area contributed by atoms with Gasteiger partial charge in [-0.2, -0.15) is 5.26 Å². The smallest absolute Gasteiger partial charge is 0.167 e. The van der Waals surface area contributed by atoms with E-state index < -0.39 is 5.41 Å². The fraction of sp³-hybridized carbons (Fsp3) is 0.231. The van der Waals surface area contributed by atoms with Crippen LogP contribution >= 0.6 is 0 Å². The summed E-state index contributed by atoms with van der Waals surface area (Å²) in [6, 6.07) is 13.7. The second kappa shape index (κ2) is 3.82. The molecule has 16 heavy (non-hydrogen) atoms. The van der Waals surface area contributed by atoms with Gasteiger partial charge in [0.15, 0.2) is 5.76 Å². The van der Waals surface area contributed by atoms with Crippen LogP contribution in [0.2, 0.25) is 0 Å². The van der Waals surface area contributed by atoms with Gasteiger partial charge in [0.2, 0.25) is 0 Å². The minimum atomic E-state index is -0.615. The molecule has 0 radical (unpaired) electrons. The maximum atomic E-state index is 9.00. The molecule has 2 rings (SSSR count). The zero-order valence-electron chi connectivity index (χ0n) is 9.27. The van der Waals surface area contributed by atoms with Crippen molar-refractivity contribution >= 4 is 0 Å². The maximum absolute atomic E-state index is 9.00. The van der Waals surface area contributed by atoms with Crippen LogP contribution in [0, 0.1) is 11.3 Å². The summed E-state index contributed by atoms with van der Waals surface area (Å²) in [6.45, 7) is 3.64. The molecule has 0 aliphatic rings. The highest BCUT2D eigenvalue weighted by Crippen LogP contribution is 2.26. The normalized spacial score (nSPS) is 11.1. The number of rotatable bonds is 2. The van der Waals surface area contributed by atoms with E-state index in [1.807, 2.05) is 50.2 Å². The molecule has 3 heteroatoms. The fourth-order valence-electron chi connectivity index (χ4n) is 1.37. The molecular weight excluding hydrogens is 200 g/mol. The second-order valence-corrected chi connectivity index (χ2v) is 4.18. The first-order valence-corrected chi connectivity index (χ1v) is 5.07. The Labute approximate surface area is 94.3 Å². The molecule has 0 N–H and O–H groups in total. The summed E-state index contributed by atoms with van der Waals surface area (Å²) < 4.78 is 5.24. The highest BCUT2D eigenvalue weighted by Gasteiger charge is 2.24. The van der Waals surface area contributed by atoms with Crippen LogP contribution in [0.1, 0.15) is 19.5 Å². The van der Waals surface area contributed by atoms with Crippen molar-refractivity contribution in [3.63, 3.8) is 0 Å². The largest absolute Gasteiger partial charge is 0.356 e. The highest BCUT2D eigenvalue weighted by atomic mass is 16.5. The van der Waals surface area contributed by atoms with E-state index in [0.29, 0.717) is 11.5 Å². The maximum Gasteiger partial charge on any atom is 0.167 e. The first-order chi connectivity index (χ1) is 7.63. The Morgan fingerprint density at radius 2 is 1.94 bits per heavy atom. The summed E-state index contributed by atoms with van der Waals surface area (Å²) in [7, 11) is 0. The first-order valence-electron chi connectivity index (χ1n) is 5.07. The number of hydrogen-bond donors (Lipinski definition) is 0. The van der Waals surface area contributed by atoms with Crippen LogP contribution in [0.15, 0.2) is 40.9 Å². The zero-order chi connectivity index (χ0) is 11.6. The predicted molar refractivity (Wildman–Crippen MR) is 60.6 cm³/mol. The number of aromatic nitrogens is 1. The number of hydrogen-bond acceptors (Lipinski definition) is 3. The van der Waals surface area contributed by atoms with Crippen molar-refractivity contribution in [2.45, 2.75) is 19.3 Å². The van der Waals surface area contributed by atoms with Crippen LogP contribution in [-0.2, 0) is 5.41 Å². The van der Waals surface area contributed by atoms with E-state index >= 15 is 0 Å². The molecule has 3 nitrogen and oxygen atoms in total. The Kier molecular flexibility index (Phi) is 2.49. The quantitative estimate of drug-likeness (QED) is 0.768. The molecule has 0 amide bonds. The Bertz CT molecular complexity index is 520. The first kappa shape index (κ1) is 10.4. The van der Waals surface area contributed by atoms with Crippen molar-refractivity contribution in [2.24, 2.45) is 0 Å². The van der Waals surface area contributed by atoms with Crippen LogP contribution < -0.4 is 0 Å². The standard InChI is InChI=1S/C13H12N2O/c1-13(2,9-14)12-8-11(16-15-12)10-6-4-3-5-7-10/h3-8H,1-2H3. The summed E-state index contributed by atoms with van der Waals surface area (Å²) >= 11 is 0. The second-order valence-electron chi connectivity index (χ2n) is 4.18. The van der Waals surface area contributed by atoms with Crippen LogP contribution in [-0.4, -0.2) is 5.16 Å². The minimum Gasteiger partial charge on any atom is -0.356 e. The summed E-state index contributed by atoms with van der Waals surface area (Å²) in [4.78, 5) is 0. The van der Waals surface area contributed by atoms with E-state index in [2.05, 4.69) is 11.2 Å². The van der Waals surface area contributed by atoms with Gasteiger partial charge in [0.05, 0.1) is 11.5 Å². The van der Waals surface area contributed by atoms with Gasteiger partial charge in [-0.25, -0.2) is 0 Å². The molecule has 1 aromatic carbocycles. The summed E-state index contributed by atoms with van der Waals surface area (Å²) in [6.07, 6.45) is 0. The zero-order valence-corrected chi connectivity index (χ0v) is 9.27. The van der Waals surface area contributed by atoms with Gasteiger partial charge in [-0.3, -0.25) is 0 Å². The van der Waals surface area contributed by atoms with Crippen molar-refractivity contribution in [1.82, 2.24) is 5.16 Å². The van der Waals surface area contributed by atoms with E-state index in [9.17, 15) is 0 Å². The third kappa shape index (κ3) is 1.82. The van der Waals surface area contributed by atoms with Crippen molar-refractivity contribution < 1.29 is 4.52 Å². The van der Waals surface area contributed by atoms with E-state index in [4.69, 9.17) is 9.78 Å². The van der Waals surface area contributed by atoms with Crippen molar-refractivity contribution in [3.05, 3.63) is 42.1 Å². The van der Waals surface area contributed by atoms with E-state index in [1.54, 1.807) is 0 Å². The SMILES string of the molecule is CC(C)(C#N)c1cc(-c2ccccc2)on1. The Morgan fingerprint density at radius 3 is 2.56 bits per heavy atom. The molecule has 1 heterocycles. The van der Waals surface area contributed by atoms with E-state index in [0.717, 1.165) is 5.56 Å². The lowest BCUT2D eigenvalue weighted by molar-refractivity contribution is 0.411. The molecule has 0 saturated heterocycles. The van der Waals surface area contributed by atoms with Crippen LogP contribution in [0.5, 0.6) is 0 Å². The molecule has 0 aliphatic heterocycles. The van der Waals surface area contributed by atoms with Gasteiger partial charge in [0.1, 0.15) is 5.69 Å². The molecule has 0 atom stereocenters. The van der Waals surface area contributed by atoms with Gasteiger partial charge < -0.3 is 4.52 Å². The van der Waals surface area contributed by atoms with Crippen molar-refractivity contribution in [3.8, 4) is 17.4 Å². The third-order valence-corrected chi connectivity index (χ3v) is 2.49. The Balaban J connectivity index is 2.39. The van der Waals surface area contributed by atoms with Gasteiger partial charge >= 0.3 is 0 Å². The van der Waals surface area contributed by atoms with Gasteiger partial charge in [0.25, 0.3) is 0 Å². The minimum absolute atomic E-state index is 0.615. The van der Waals surface area contributed by atoms with E-state index in [-0.39, 0.29) is 0 Å². The molecule has 2 aromatic rings. The molecule has 0 unspecified atom stereocenters. The fourth-order valence-corrected chi connectivity index (χ4v) is 1.37. The summed E-state index contributed by atoms with van der Waals surface area (Å²) in [5.74, 6) is 0.693. The molecular formula is C13H12N2O. The molecule has 0 bridgehead atoms. The topological polar surface area (TPSA) is 49.8 Å². The van der Waals surface area contributed by atoms with E-state index in [1.165, 1.54) is 0 Å². The molecule has 0 aliphatic carbocycles. The molecule has 80 valence electrons. The average molecular weight is 212 g/mol. The van der Waals surface area contributed by atoms with Gasteiger partial charge in [-0.15, -0.1) is 0 Å². The number of nitrogens with zero attached hydrogens (tertiary/aromatic N) is 2. The molecule has 0 fully saturated rings. The van der Waals surface area contributed by atoms with Gasteiger partial charge in [0, 0.05) is 11.6 Å². The lowest BCUT2D eigenvalue weighted by Gasteiger charge is -2.08. The number of benzene rings is 1. The van der Waals surface area contributed by atoms with Crippen molar-refractivity contribution in [1.29, 1.82) is 5.26 Å². The summed E-state index contributed by atoms with van der Waals surface area (Å²) in [5.41, 5.74) is 1.01.